The molecule has 1 aromatic heterocycles. The van der Waals surface area contributed by atoms with Gasteiger partial charge in [0.15, 0.2) is 0 Å². The van der Waals surface area contributed by atoms with E-state index in [1.807, 2.05) is 36.2 Å². The predicted octanol–water partition coefficient (Wildman–Crippen LogP) is 2.63. The fourth-order valence-electron chi connectivity index (χ4n) is 3.41. The third kappa shape index (κ3) is 4.01. The fraction of sp³-hybridized carbons (Fsp3) is 0.450. The van der Waals surface area contributed by atoms with E-state index >= 15 is 0 Å². The number of urea groups is 1. The van der Waals surface area contributed by atoms with E-state index in [1.165, 1.54) is 10.6 Å². The number of carbonyl (C=O) groups is 2. The van der Waals surface area contributed by atoms with Gasteiger partial charge in [0.05, 0.1) is 12.2 Å². The molecule has 0 radical (unpaired) electrons. The number of H-pyrrole nitrogens is 1. The van der Waals surface area contributed by atoms with Crippen LogP contribution in [0, 0.1) is 0 Å². The lowest BCUT2D eigenvalue weighted by Crippen LogP contribution is -2.50. The zero-order valence-electron chi connectivity index (χ0n) is 16.9. The van der Waals surface area contributed by atoms with Crippen LogP contribution in [0.3, 0.4) is 0 Å². The van der Waals surface area contributed by atoms with Crippen molar-refractivity contribution in [2.45, 2.75) is 46.1 Å². The summed E-state index contributed by atoms with van der Waals surface area (Å²) in [4.78, 5) is 24.2. The number of benzene rings is 1. The molecule has 8 nitrogen and oxygen atoms in total. The number of hydrogen-bond acceptors (Lipinski definition) is 4. The van der Waals surface area contributed by atoms with Crippen LogP contribution >= 0.6 is 0 Å². The molecular formula is C20H28N6O2. The number of nitrogens with one attached hydrogen (secondary N) is 2. The minimum Gasteiger partial charge on any atom is -0.350 e. The van der Waals surface area contributed by atoms with E-state index in [-0.39, 0.29) is 11.3 Å². The first kappa shape index (κ1) is 19.9. The van der Waals surface area contributed by atoms with E-state index in [9.17, 15) is 9.59 Å². The second-order valence-corrected chi connectivity index (χ2v) is 8.00. The Balaban J connectivity index is 1.71. The molecule has 2 heterocycles. The number of hydrazine groups is 1. The average Bonchev–Trinajstić information content (AvgIpc) is 3.03. The Morgan fingerprint density at radius 2 is 1.96 bits per heavy atom. The van der Waals surface area contributed by atoms with Crippen LogP contribution < -0.4 is 11.1 Å². The van der Waals surface area contributed by atoms with Crippen LogP contribution in [0.2, 0.25) is 0 Å². The molecule has 0 atom stereocenters. The highest BCUT2D eigenvalue weighted by Crippen LogP contribution is 2.26. The monoisotopic (exact) mass is 384 g/mol. The van der Waals surface area contributed by atoms with E-state index in [1.54, 1.807) is 0 Å². The first-order chi connectivity index (χ1) is 13.2. The van der Waals surface area contributed by atoms with Crippen molar-refractivity contribution in [2.24, 2.45) is 5.73 Å². The molecule has 4 N–H and O–H groups in total. The Bertz CT molecular complexity index is 866. The Hall–Kier alpha value is -2.87. The lowest BCUT2D eigenvalue weighted by molar-refractivity contribution is 0.00826. The predicted molar refractivity (Wildman–Crippen MR) is 108 cm³/mol. The summed E-state index contributed by atoms with van der Waals surface area (Å²) in [5, 5.41) is 13.5. The van der Waals surface area contributed by atoms with Gasteiger partial charge in [0.2, 0.25) is 0 Å². The molecule has 0 saturated carbocycles. The number of carbonyl (C=O) groups excluding carboxylic acids is 2. The number of primary amides is 1. The first-order valence-corrected chi connectivity index (χ1v) is 9.50. The van der Waals surface area contributed by atoms with Crippen LogP contribution in [0.25, 0.3) is 0 Å². The lowest BCUT2D eigenvalue weighted by atomic mass is 9.87. The van der Waals surface area contributed by atoms with Gasteiger partial charge in [-0.25, -0.2) is 9.80 Å². The van der Waals surface area contributed by atoms with Gasteiger partial charge in [-0.3, -0.25) is 14.9 Å². The van der Waals surface area contributed by atoms with Gasteiger partial charge >= 0.3 is 6.03 Å². The number of anilines is 1. The SMILES string of the molecule is CCN(C(N)=O)N1CCc2c(n[nH]c2NC(=O)c2ccc(C(C)(C)C)cc2)C1. The molecule has 0 bridgehead atoms. The van der Waals surface area contributed by atoms with E-state index in [0.29, 0.717) is 37.4 Å². The smallest absolute Gasteiger partial charge is 0.329 e. The van der Waals surface area contributed by atoms with Crippen LogP contribution in [0.1, 0.15) is 54.9 Å². The van der Waals surface area contributed by atoms with Crippen LogP contribution in [-0.2, 0) is 18.4 Å². The zero-order chi connectivity index (χ0) is 20.5. The number of rotatable bonds is 4. The number of amides is 3. The number of fused-ring (bicyclic) bond motifs is 1. The fourth-order valence-corrected chi connectivity index (χ4v) is 3.41. The molecule has 150 valence electrons. The molecule has 1 aliphatic heterocycles. The van der Waals surface area contributed by atoms with E-state index in [0.717, 1.165) is 11.3 Å². The number of nitrogens with zero attached hydrogens (tertiary/aromatic N) is 3. The Labute approximate surface area is 165 Å². The number of aromatic nitrogens is 2. The Morgan fingerprint density at radius 3 is 2.54 bits per heavy atom. The average molecular weight is 384 g/mol. The minimum absolute atomic E-state index is 0.0423. The maximum absolute atomic E-state index is 12.6. The standard InChI is InChI=1S/C20H28N6O2/c1-5-26(19(21)28)25-11-10-15-16(12-25)23-24-17(15)22-18(27)13-6-8-14(9-7-13)20(2,3)4/h6-9H,5,10-12H2,1-4H3,(H2,21,28)(H2,22,23,24,27). The van der Waals surface area contributed by atoms with Crippen molar-refractivity contribution in [3.05, 3.63) is 46.6 Å². The minimum atomic E-state index is -0.478. The molecular weight excluding hydrogens is 356 g/mol. The van der Waals surface area contributed by atoms with Crippen LogP contribution in [0.5, 0.6) is 0 Å². The highest BCUT2D eigenvalue weighted by Gasteiger charge is 2.27. The highest BCUT2D eigenvalue weighted by atomic mass is 16.2. The molecule has 2 aromatic rings. The molecule has 0 fully saturated rings. The maximum Gasteiger partial charge on any atom is 0.329 e. The van der Waals surface area contributed by atoms with Gasteiger partial charge in [-0.15, -0.1) is 0 Å². The van der Waals surface area contributed by atoms with Crippen molar-refractivity contribution < 1.29 is 9.59 Å². The maximum atomic E-state index is 12.6. The molecule has 0 aliphatic carbocycles. The van der Waals surface area contributed by atoms with Crippen LogP contribution in [0.4, 0.5) is 10.6 Å². The van der Waals surface area contributed by atoms with Gasteiger partial charge in [0.1, 0.15) is 5.82 Å². The van der Waals surface area contributed by atoms with Crippen molar-refractivity contribution in [3.8, 4) is 0 Å². The van der Waals surface area contributed by atoms with Gasteiger partial charge in [0.25, 0.3) is 5.91 Å². The van der Waals surface area contributed by atoms with E-state index < -0.39 is 6.03 Å². The van der Waals surface area contributed by atoms with Crippen molar-refractivity contribution in [2.75, 3.05) is 18.4 Å². The van der Waals surface area contributed by atoms with Gasteiger partial charge < -0.3 is 11.1 Å². The van der Waals surface area contributed by atoms with Gasteiger partial charge in [0, 0.05) is 24.2 Å². The Kier molecular flexibility index (Phi) is 5.42. The summed E-state index contributed by atoms with van der Waals surface area (Å²) >= 11 is 0. The molecule has 0 saturated heterocycles. The molecule has 0 spiro atoms. The molecule has 3 rings (SSSR count). The summed E-state index contributed by atoms with van der Waals surface area (Å²) in [7, 11) is 0. The summed E-state index contributed by atoms with van der Waals surface area (Å²) in [5.74, 6) is 0.434. The second-order valence-electron chi connectivity index (χ2n) is 8.00. The topological polar surface area (TPSA) is 107 Å². The van der Waals surface area contributed by atoms with Gasteiger partial charge in [-0.2, -0.15) is 5.10 Å². The third-order valence-electron chi connectivity index (χ3n) is 5.05. The quantitative estimate of drug-likeness (QED) is 0.753. The summed E-state index contributed by atoms with van der Waals surface area (Å²) < 4.78 is 0. The zero-order valence-corrected chi connectivity index (χ0v) is 16.9. The first-order valence-electron chi connectivity index (χ1n) is 9.50. The highest BCUT2D eigenvalue weighted by molar-refractivity contribution is 6.04. The third-order valence-corrected chi connectivity index (χ3v) is 5.05. The molecule has 1 aliphatic rings. The van der Waals surface area contributed by atoms with E-state index in [4.69, 9.17) is 5.73 Å². The van der Waals surface area contributed by atoms with Crippen molar-refractivity contribution >= 4 is 17.8 Å². The summed E-state index contributed by atoms with van der Waals surface area (Å²) in [6.45, 7) is 9.90. The summed E-state index contributed by atoms with van der Waals surface area (Å²) in [6, 6.07) is 7.17. The second kappa shape index (κ2) is 7.63. The van der Waals surface area contributed by atoms with Gasteiger partial charge in [-0.05, 0) is 36.5 Å². The van der Waals surface area contributed by atoms with E-state index in [2.05, 4.69) is 36.3 Å². The van der Waals surface area contributed by atoms with Crippen molar-refractivity contribution in [3.63, 3.8) is 0 Å². The Morgan fingerprint density at radius 1 is 1.29 bits per heavy atom. The molecule has 8 heteroatoms. The summed E-state index contributed by atoms with van der Waals surface area (Å²) in [5.41, 5.74) is 9.03. The number of aromatic amines is 1. The van der Waals surface area contributed by atoms with Gasteiger partial charge in [-0.1, -0.05) is 32.9 Å². The number of nitrogens with two attached hydrogens (primary N) is 1. The van der Waals surface area contributed by atoms with Crippen molar-refractivity contribution in [1.82, 2.24) is 20.2 Å². The number of hydrogen-bond donors (Lipinski definition) is 3. The summed E-state index contributed by atoms with van der Waals surface area (Å²) in [6.07, 6.45) is 0.661. The molecule has 0 unspecified atom stereocenters. The molecule has 1 aromatic carbocycles. The van der Waals surface area contributed by atoms with Crippen LogP contribution in [-0.4, -0.2) is 45.2 Å². The molecule has 28 heavy (non-hydrogen) atoms. The lowest BCUT2D eigenvalue weighted by Gasteiger charge is -2.35. The normalized spacial score (nSPS) is 14.4. The van der Waals surface area contributed by atoms with Crippen LogP contribution in [0.15, 0.2) is 24.3 Å². The molecule has 3 amide bonds. The largest absolute Gasteiger partial charge is 0.350 e. The van der Waals surface area contributed by atoms with Crippen molar-refractivity contribution in [1.29, 1.82) is 0 Å².